The van der Waals surface area contributed by atoms with Gasteiger partial charge in [0.05, 0.1) is 12.6 Å². The smallest absolute Gasteiger partial charge is 0.237 e. The van der Waals surface area contributed by atoms with Gasteiger partial charge >= 0.3 is 0 Å². The number of ether oxygens (including phenoxy) is 2. The van der Waals surface area contributed by atoms with Gasteiger partial charge in [0, 0.05) is 13.2 Å². The van der Waals surface area contributed by atoms with Gasteiger partial charge in [-0.15, -0.1) is 12.4 Å². The number of carbonyl (C=O) groups excluding carboxylic acids is 1. The number of carbonyl (C=O) groups is 1. The molecule has 1 saturated heterocycles. The Bertz CT molecular complexity index is 689. The number of hydrogen-bond donors (Lipinski definition) is 2. The highest BCUT2D eigenvalue weighted by molar-refractivity contribution is 5.85. The number of halogens is 1. The van der Waals surface area contributed by atoms with Crippen LogP contribution >= 0.6 is 12.4 Å². The van der Waals surface area contributed by atoms with Gasteiger partial charge < -0.3 is 20.5 Å². The Morgan fingerprint density at radius 3 is 2.68 bits per heavy atom. The van der Waals surface area contributed by atoms with E-state index in [2.05, 4.69) is 17.4 Å². The van der Waals surface area contributed by atoms with Crippen LogP contribution in [0.15, 0.2) is 42.5 Å². The number of rotatable bonds is 6. The average Bonchev–Trinajstić information content (AvgIpc) is 2.65. The molecule has 3 N–H and O–H groups in total. The molecule has 1 aliphatic rings. The number of nitrogens with one attached hydrogen (secondary N) is 1. The summed E-state index contributed by atoms with van der Waals surface area (Å²) in [5.41, 5.74) is 6.04. The van der Waals surface area contributed by atoms with Crippen molar-refractivity contribution in [2.24, 2.45) is 11.7 Å². The Labute approximate surface area is 154 Å². The zero-order chi connectivity index (χ0) is 16.8. The number of fused-ring (bicyclic) bond motifs is 1. The van der Waals surface area contributed by atoms with E-state index in [0.717, 1.165) is 24.0 Å². The fourth-order valence-electron chi connectivity index (χ4n) is 3.01. The van der Waals surface area contributed by atoms with Crippen LogP contribution in [0.5, 0.6) is 5.75 Å². The third kappa shape index (κ3) is 5.33. The van der Waals surface area contributed by atoms with Crippen molar-refractivity contribution in [1.29, 1.82) is 0 Å². The maximum absolute atomic E-state index is 12.1. The van der Waals surface area contributed by atoms with Gasteiger partial charge in [-0.05, 0) is 41.7 Å². The minimum atomic E-state index is -0.463. The first-order valence-corrected chi connectivity index (χ1v) is 8.47. The molecule has 25 heavy (non-hydrogen) atoms. The van der Waals surface area contributed by atoms with E-state index in [9.17, 15) is 4.79 Å². The van der Waals surface area contributed by atoms with Crippen LogP contribution in [0.3, 0.4) is 0 Å². The van der Waals surface area contributed by atoms with Crippen LogP contribution in [0.1, 0.15) is 12.8 Å². The molecule has 1 aliphatic heterocycles. The van der Waals surface area contributed by atoms with E-state index in [-0.39, 0.29) is 24.2 Å². The molecule has 1 amide bonds. The molecule has 5 nitrogen and oxygen atoms in total. The molecule has 2 aromatic rings. The van der Waals surface area contributed by atoms with Crippen LogP contribution in [0.4, 0.5) is 0 Å². The summed E-state index contributed by atoms with van der Waals surface area (Å²) in [6.45, 7) is 2.25. The zero-order valence-electron chi connectivity index (χ0n) is 14.1. The lowest BCUT2D eigenvalue weighted by atomic mass is 9.92. The Kier molecular flexibility index (Phi) is 7.50. The highest BCUT2D eigenvalue weighted by atomic mass is 35.5. The molecule has 136 valence electrons. The summed E-state index contributed by atoms with van der Waals surface area (Å²) < 4.78 is 11.0. The first-order valence-electron chi connectivity index (χ1n) is 8.47. The molecule has 1 heterocycles. The topological polar surface area (TPSA) is 73.6 Å². The lowest BCUT2D eigenvalue weighted by Gasteiger charge is -2.26. The van der Waals surface area contributed by atoms with Gasteiger partial charge in [-0.25, -0.2) is 0 Å². The van der Waals surface area contributed by atoms with E-state index in [1.807, 2.05) is 30.3 Å². The number of benzene rings is 2. The fourth-order valence-corrected chi connectivity index (χ4v) is 3.01. The van der Waals surface area contributed by atoms with Gasteiger partial charge in [-0.1, -0.05) is 30.3 Å². The Balaban J connectivity index is 0.00000225. The second-order valence-corrected chi connectivity index (χ2v) is 6.12. The molecule has 0 aliphatic carbocycles. The molecule has 6 heteroatoms. The summed E-state index contributed by atoms with van der Waals surface area (Å²) >= 11 is 0. The van der Waals surface area contributed by atoms with Crippen LogP contribution < -0.4 is 15.8 Å². The van der Waals surface area contributed by atoms with Crippen molar-refractivity contribution in [2.45, 2.75) is 18.9 Å². The van der Waals surface area contributed by atoms with Crippen molar-refractivity contribution in [3.8, 4) is 5.75 Å². The quantitative estimate of drug-likeness (QED) is 0.772. The van der Waals surface area contributed by atoms with E-state index in [4.69, 9.17) is 15.2 Å². The average molecular weight is 365 g/mol. The molecule has 0 aromatic heterocycles. The van der Waals surface area contributed by atoms with E-state index >= 15 is 0 Å². The van der Waals surface area contributed by atoms with Crippen molar-refractivity contribution >= 4 is 29.1 Å². The molecule has 1 fully saturated rings. The summed E-state index contributed by atoms with van der Waals surface area (Å²) in [4.78, 5) is 12.1. The predicted molar refractivity (Wildman–Crippen MR) is 101 cm³/mol. The van der Waals surface area contributed by atoms with E-state index < -0.39 is 6.04 Å². The molecule has 0 radical (unpaired) electrons. The molecule has 1 atom stereocenters. The number of hydrogen-bond acceptors (Lipinski definition) is 4. The minimum absolute atomic E-state index is 0. The molecule has 0 spiro atoms. The third-order valence-electron chi connectivity index (χ3n) is 4.47. The maximum atomic E-state index is 12.1. The molecule has 3 rings (SSSR count). The summed E-state index contributed by atoms with van der Waals surface area (Å²) in [6.07, 6.45) is 1.70. The molecule has 0 saturated carbocycles. The van der Waals surface area contributed by atoms with E-state index in [1.165, 1.54) is 5.39 Å². The lowest BCUT2D eigenvalue weighted by Crippen LogP contribution is -2.47. The van der Waals surface area contributed by atoms with E-state index in [1.54, 1.807) is 0 Å². The number of amides is 1. The third-order valence-corrected chi connectivity index (χ3v) is 4.47. The van der Waals surface area contributed by atoms with Crippen molar-refractivity contribution in [3.05, 3.63) is 42.5 Å². The number of nitrogens with two attached hydrogens (primary N) is 1. The maximum Gasteiger partial charge on any atom is 0.237 e. The summed E-state index contributed by atoms with van der Waals surface area (Å²) in [5.74, 6) is 0.904. The Hall–Kier alpha value is -1.82. The van der Waals surface area contributed by atoms with Gasteiger partial charge in [-0.2, -0.15) is 0 Å². The van der Waals surface area contributed by atoms with Gasteiger partial charge in [0.1, 0.15) is 12.4 Å². The van der Waals surface area contributed by atoms with Gasteiger partial charge in [0.15, 0.2) is 0 Å². The van der Waals surface area contributed by atoms with Gasteiger partial charge in [-0.3, -0.25) is 4.79 Å². The van der Waals surface area contributed by atoms with Crippen LogP contribution in [0, 0.1) is 5.92 Å². The molecular formula is C19H25ClN2O3. The van der Waals surface area contributed by atoms with Gasteiger partial charge in [0.25, 0.3) is 0 Å². The first-order chi connectivity index (χ1) is 11.7. The normalized spacial score (nSPS) is 16.0. The monoisotopic (exact) mass is 364 g/mol. The van der Waals surface area contributed by atoms with Crippen LogP contribution in [-0.4, -0.2) is 38.3 Å². The molecule has 0 bridgehead atoms. The van der Waals surface area contributed by atoms with Crippen molar-refractivity contribution in [1.82, 2.24) is 5.32 Å². The summed E-state index contributed by atoms with van der Waals surface area (Å²) in [7, 11) is 0. The SMILES string of the molecule is Cl.NC(C(=O)NCCOc1ccc2ccccc2c1)C1CCOCC1. The predicted octanol–water partition coefficient (Wildman–Crippen LogP) is 2.51. The van der Waals surface area contributed by atoms with Gasteiger partial charge in [0.2, 0.25) is 5.91 Å². The van der Waals surface area contributed by atoms with Crippen LogP contribution in [0.2, 0.25) is 0 Å². The molecule has 1 unspecified atom stereocenters. The van der Waals surface area contributed by atoms with E-state index in [0.29, 0.717) is 26.4 Å². The minimum Gasteiger partial charge on any atom is -0.492 e. The summed E-state index contributed by atoms with van der Waals surface area (Å²) in [5, 5.41) is 5.18. The highest BCUT2D eigenvalue weighted by Crippen LogP contribution is 2.20. The molecule has 2 aromatic carbocycles. The second kappa shape index (κ2) is 9.61. The van der Waals surface area contributed by atoms with Crippen LogP contribution in [-0.2, 0) is 9.53 Å². The van der Waals surface area contributed by atoms with Crippen molar-refractivity contribution < 1.29 is 14.3 Å². The van der Waals surface area contributed by atoms with Crippen molar-refractivity contribution in [2.75, 3.05) is 26.4 Å². The Morgan fingerprint density at radius 1 is 1.20 bits per heavy atom. The van der Waals surface area contributed by atoms with Crippen molar-refractivity contribution in [3.63, 3.8) is 0 Å². The fraction of sp³-hybridized carbons (Fsp3) is 0.421. The summed E-state index contributed by atoms with van der Waals surface area (Å²) in [6, 6.07) is 13.7. The largest absolute Gasteiger partial charge is 0.492 e. The highest BCUT2D eigenvalue weighted by Gasteiger charge is 2.26. The first kappa shape index (κ1) is 19.5. The molecular weight excluding hydrogens is 340 g/mol. The second-order valence-electron chi connectivity index (χ2n) is 6.12. The zero-order valence-corrected chi connectivity index (χ0v) is 15.0. The Morgan fingerprint density at radius 2 is 1.92 bits per heavy atom. The standard InChI is InChI=1S/C19H24N2O3.ClH/c20-18(15-7-10-23-11-8-15)19(22)21-9-12-24-17-6-5-14-3-1-2-4-16(14)13-17;/h1-6,13,15,18H,7-12,20H2,(H,21,22);1H. The lowest BCUT2D eigenvalue weighted by molar-refractivity contribution is -0.124. The van der Waals surface area contributed by atoms with Crippen LogP contribution in [0.25, 0.3) is 10.8 Å².